The van der Waals surface area contributed by atoms with Gasteiger partial charge in [0.25, 0.3) is 0 Å². The second-order valence-electron chi connectivity index (χ2n) is 5.84. The van der Waals surface area contributed by atoms with Crippen molar-refractivity contribution in [2.75, 3.05) is 19.6 Å². The topological polar surface area (TPSA) is 23.6 Å². The predicted octanol–water partition coefficient (Wildman–Crippen LogP) is 2.32. The fourth-order valence-corrected chi connectivity index (χ4v) is 2.59. The molecule has 3 nitrogen and oxygen atoms in total. The second-order valence-corrected chi connectivity index (χ2v) is 5.84. The predicted molar refractivity (Wildman–Crippen MR) is 60.8 cm³/mol. The van der Waals surface area contributed by atoms with Crippen molar-refractivity contribution >= 4 is 6.03 Å². The Morgan fingerprint density at radius 3 is 2.27 bits per heavy atom. The van der Waals surface area contributed by atoms with Crippen LogP contribution in [0.5, 0.6) is 0 Å². The van der Waals surface area contributed by atoms with Crippen LogP contribution < -0.4 is 0 Å². The van der Waals surface area contributed by atoms with Crippen molar-refractivity contribution in [2.24, 2.45) is 5.41 Å². The van der Waals surface area contributed by atoms with Crippen LogP contribution in [0.25, 0.3) is 0 Å². The monoisotopic (exact) mass is 210 g/mol. The Morgan fingerprint density at radius 1 is 1.13 bits per heavy atom. The standard InChI is InChI=1S/C12H22N2O/c1-12(2,3)10-6-4-9-14(10)11(15)13-7-5-8-13/h10H,4-9H2,1-3H3. The van der Waals surface area contributed by atoms with E-state index in [0.717, 1.165) is 19.6 Å². The summed E-state index contributed by atoms with van der Waals surface area (Å²) in [6.45, 7) is 9.59. The van der Waals surface area contributed by atoms with Crippen LogP contribution in [-0.4, -0.2) is 41.5 Å². The highest BCUT2D eigenvalue weighted by Crippen LogP contribution is 2.33. The van der Waals surface area contributed by atoms with E-state index in [0.29, 0.717) is 6.04 Å². The molecule has 0 aliphatic carbocycles. The van der Waals surface area contributed by atoms with Gasteiger partial charge in [-0.15, -0.1) is 0 Å². The Labute approximate surface area is 92.4 Å². The Hall–Kier alpha value is -0.730. The van der Waals surface area contributed by atoms with E-state index in [1.807, 2.05) is 4.90 Å². The fraction of sp³-hybridized carbons (Fsp3) is 0.917. The van der Waals surface area contributed by atoms with Crippen LogP contribution in [-0.2, 0) is 0 Å². The normalized spacial score (nSPS) is 26.7. The number of carbonyl (C=O) groups excluding carboxylic acids is 1. The van der Waals surface area contributed by atoms with Crippen molar-refractivity contribution in [1.82, 2.24) is 9.80 Å². The van der Waals surface area contributed by atoms with Gasteiger partial charge in [0, 0.05) is 25.7 Å². The van der Waals surface area contributed by atoms with Crippen molar-refractivity contribution in [3.05, 3.63) is 0 Å². The maximum absolute atomic E-state index is 12.1. The minimum absolute atomic E-state index is 0.219. The van der Waals surface area contributed by atoms with Gasteiger partial charge in [-0.2, -0.15) is 0 Å². The molecule has 0 radical (unpaired) electrons. The Kier molecular flexibility index (Phi) is 2.65. The molecule has 1 atom stereocenters. The van der Waals surface area contributed by atoms with Gasteiger partial charge in [0.1, 0.15) is 0 Å². The van der Waals surface area contributed by atoms with Gasteiger partial charge in [0.05, 0.1) is 0 Å². The van der Waals surface area contributed by atoms with Crippen LogP contribution in [0.2, 0.25) is 0 Å². The molecule has 0 N–H and O–H groups in total. The van der Waals surface area contributed by atoms with E-state index >= 15 is 0 Å². The molecule has 2 saturated heterocycles. The summed E-state index contributed by atoms with van der Waals surface area (Å²) in [6.07, 6.45) is 3.52. The van der Waals surface area contributed by atoms with Crippen molar-refractivity contribution in [2.45, 2.75) is 46.1 Å². The zero-order valence-electron chi connectivity index (χ0n) is 10.1. The molecular formula is C12H22N2O. The summed E-state index contributed by atoms with van der Waals surface area (Å²) in [5, 5.41) is 0. The minimum atomic E-state index is 0.219. The van der Waals surface area contributed by atoms with E-state index in [2.05, 4.69) is 25.7 Å². The number of amides is 2. The molecule has 15 heavy (non-hydrogen) atoms. The molecule has 86 valence electrons. The fourth-order valence-electron chi connectivity index (χ4n) is 2.59. The lowest BCUT2D eigenvalue weighted by atomic mass is 9.85. The largest absolute Gasteiger partial charge is 0.325 e. The molecule has 0 spiro atoms. The van der Waals surface area contributed by atoms with Gasteiger partial charge in [0.2, 0.25) is 0 Å². The first kappa shape index (κ1) is 10.8. The molecule has 0 saturated carbocycles. The highest BCUT2D eigenvalue weighted by atomic mass is 16.2. The summed E-state index contributed by atoms with van der Waals surface area (Å²) >= 11 is 0. The van der Waals surface area contributed by atoms with Crippen molar-refractivity contribution in [3.63, 3.8) is 0 Å². The zero-order valence-corrected chi connectivity index (χ0v) is 10.1. The van der Waals surface area contributed by atoms with Crippen molar-refractivity contribution in [1.29, 1.82) is 0 Å². The summed E-state index contributed by atoms with van der Waals surface area (Å²) < 4.78 is 0. The highest BCUT2D eigenvalue weighted by molar-refractivity contribution is 5.76. The molecule has 0 aromatic carbocycles. The molecule has 3 heteroatoms. The van der Waals surface area contributed by atoms with Gasteiger partial charge in [0.15, 0.2) is 0 Å². The Balaban J connectivity index is 2.04. The van der Waals surface area contributed by atoms with Gasteiger partial charge >= 0.3 is 6.03 Å². The molecule has 0 bridgehead atoms. The smallest absolute Gasteiger partial charge is 0.320 e. The van der Waals surface area contributed by atoms with Crippen molar-refractivity contribution in [3.8, 4) is 0 Å². The average molecular weight is 210 g/mol. The maximum atomic E-state index is 12.1. The minimum Gasteiger partial charge on any atom is -0.325 e. The molecule has 2 aliphatic heterocycles. The maximum Gasteiger partial charge on any atom is 0.320 e. The van der Waals surface area contributed by atoms with E-state index < -0.39 is 0 Å². The summed E-state index contributed by atoms with van der Waals surface area (Å²) in [7, 11) is 0. The van der Waals surface area contributed by atoms with E-state index in [9.17, 15) is 4.79 Å². The number of nitrogens with zero attached hydrogens (tertiary/aromatic N) is 2. The molecular weight excluding hydrogens is 188 g/mol. The number of urea groups is 1. The molecule has 0 aromatic rings. The first-order valence-electron chi connectivity index (χ1n) is 6.06. The van der Waals surface area contributed by atoms with Gasteiger partial charge in [-0.1, -0.05) is 20.8 Å². The first-order chi connectivity index (χ1) is 7.00. The molecule has 2 aliphatic rings. The Bertz CT molecular complexity index is 253. The summed E-state index contributed by atoms with van der Waals surface area (Å²) in [4.78, 5) is 16.2. The SMILES string of the molecule is CC(C)(C)C1CCCN1C(=O)N1CCC1. The lowest BCUT2D eigenvalue weighted by Gasteiger charge is -2.40. The number of carbonyl (C=O) groups is 1. The molecule has 0 aromatic heterocycles. The summed E-state index contributed by atoms with van der Waals surface area (Å²) in [5.74, 6) is 0. The van der Waals surface area contributed by atoms with E-state index in [4.69, 9.17) is 0 Å². The van der Waals surface area contributed by atoms with Crippen LogP contribution in [0.1, 0.15) is 40.0 Å². The van der Waals surface area contributed by atoms with Crippen LogP contribution >= 0.6 is 0 Å². The highest BCUT2D eigenvalue weighted by Gasteiger charge is 2.39. The first-order valence-corrected chi connectivity index (χ1v) is 6.06. The molecule has 1 unspecified atom stereocenters. The van der Waals surface area contributed by atoms with Crippen LogP contribution in [0.4, 0.5) is 4.79 Å². The number of hydrogen-bond donors (Lipinski definition) is 0. The van der Waals surface area contributed by atoms with E-state index in [1.54, 1.807) is 0 Å². The van der Waals surface area contributed by atoms with Gasteiger partial charge in [-0.25, -0.2) is 4.79 Å². The molecule has 2 rings (SSSR count). The van der Waals surface area contributed by atoms with Gasteiger partial charge in [-0.05, 0) is 24.7 Å². The van der Waals surface area contributed by atoms with Gasteiger partial charge < -0.3 is 9.80 Å². The van der Waals surface area contributed by atoms with Crippen LogP contribution in [0.3, 0.4) is 0 Å². The third kappa shape index (κ3) is 1.97. The third-order valence-electron chi connectivity index (χ3n) is 3.62. The van der Waals surface area contributed by atoms with Crippen molar-refractivity contribution < 1.29 is 4.79 Å². The molecule has 2 heterocycles. The quantitative estimate of drug-likeness (QED) is 0.602. The molecule has 2 fully saturated rings. The second kappa shape index (κ2) is 3.69. The Morgan fingerprint density at radius 2 is 1.80 bits per heavy atom. The number of rotatable bonds is 0. The number of likely N-dealkylation sites (tertiary alicyclic amines) is 2. The van der Waals surface area contributed by atoms with E-state index in [-0.39, 0.29) is 11.4 Å². The average Bonchev–Trinajstić information content (AvgIpc) is 2.45. The van der Waals surface area contributed by atoms with Crippen LogP contribution in [0, 0.1) is 5.41 Å². The number of hydrogen-bond acceptors (Lipinski definition) is 1. The van der Waals surface area contributed by atoms with Crippen LogP contribution in [0.15, 0.2) is 0 Å². The lowest BCUT2D eigenvalue weighted by Crippen LogP contribution is -2.53. The lowest BCUT2D eigenvalue weighted by molar-refractivity contribution is 0.0962. The summed E-state index contributed by atoms with van der Waals surface area (Å²) in [5.41, 5.74) is 0.219. The zero-order chi connectivity index (χ0) is 11.1. The third-order valence-corrected chi connectivity index (χ3v) is 3.62. The van der Waals surface area contributed by atoms with E-state index in [1.165, 1.54) is 19.3 Å². The summed E-state index contributed by atoms with van der Waals surface area (Å²) in [6, 6.07) is 0.712. The molecule has 2 amide bonds. The van der Waals surface area contributed by atoms with Gasteiger partial charge in [-0.3, -0.25) is 0 Å².